The third kappa shape index (κ3) is 2.15. The summed E-state index contributed by atoms with van der Waals surface area (Å²) in [5.41, 5.74) is 5.63. The van der Waals surface area contributed by atoms with Crippen molar-refractivity contribution in [3.8, 4) is 0 Å². The number of nitrogen functional groups attached to an aromatic ring is 1. The summed E-state index contributed by atoms with van der Waals surface area (Å²) in [6.45, 7) is 4.16. The minimum Gasteiger partial charge on any atom is -0.367 e. The van der Waals surface area contributed by atoms with Crippen molar-refractivity contribution in [2.45, 2.75) is 26.3 Å². The van der Waals surface area contributed by atoms with Crippen molar-refractivity contribution < 1.29 is 0 Å². The van der Waals surface area contributed by atoms with Gasteiger partial charge in [-0.3, -0.25) is 0 Å². The highest BCUT2D eigenvalue weighted by Crippen LogP contribution is 2.21. The summed E-state index contributed by atoms with van der Waals surface area (Å²) in [5.74, 6) is 0.371. The van der Waals surface area contributed by atoms with Crippen LogP contribution in [0.2, 0.25) is 0 Å². The number of nitrogens with two attached hydrogens (primary N) is 1. The molecule has 0 aliphatic carbocycles. The van der Waals surface area contributed by atoms with Gasteiger partial charge in [0.25, 0.3) is 0 Å². The molecule has 2 aromatic heterocycles. The second-order valence-corrected chi connectivity index (χ2v) is 4.92. The van der Waals surface area contributed by atoms with Gasteiger partial charge in [0.2, 0.25) is 5.95 Å². The fraction of sp³-hybridized carbons (Fsp3) is 0.444. The number of tetrazole rings is 1. The molecule has 2 aromatic rings. The summed E-state index contributed by atoms with van der Waals surface area (Å²) in [6.07, 6.45) is 0.910. The number of rotatable bonds is 3. The third-order valence-corrected chi connectivity index (χ3v) is 3.25. The highest BCUT2D eigenvalue weighted by molar-refractivity contribution is 7.11. The van der Waals surface area contributed by atoms with Crippen LogP contribution in [0.5, 0.6) is 0 Å². The minimum absolute atomic E-state index is 0.193. The highest BCUT2D eigenvalue weighted by Gasteiger charge is 2.11. The molecule has 0 amide bonds. The number of anilines is 1. The van der Waals surface area contributed by atoms with Crippen molar-refractivity contribution in [1.82, 2.24) is 20.2 Å². The van der Waals surface area contributed by atoms with Crippen molar-refractivity contribution in [2.24, 2.45) is 0 Å². The van der Waals surface area contributed by atoms with Crippen molar-refractivity contribution in [3.63, 3.8) is 0 Å². The first-order valence-electron chi connectivity index (χ1n) is 4.75. The zero-order valence-corrected chi connectivity index (χ0v) is 9.53. The van der Waals surface area contributed by atoms with Crippen LogP contribution in [0.4, 0.5) is 5.95 Å². The number of hydrogen-bond acceptors (Lipinski definition) is 5. The Morgan fingerprint density at radius 1 is 1.53 bits per heavy atom. The van der Waals surface area contributed by atoms with Gasteiger partial charge in [-0.2, -0.15) is 0 Å². The lowest BCUT2D eigenvalue weighted by molar-refractivity contribution is 0.483. The molecule has 2 N–H and O–H groups in total. The molecule has 0 saturated carbocycles. The number of hydrogen-bond donors (Lipinski definition) is 1. The summed E-state index contributed by atoms with van der Waals surface area (Å²) < 4.78 is 1.65. The number of aromatic nitrogens is 4. The molecule has 0 radical (unpaired) electrons. The molecular weight excluding hydrogens is 210 g/mol. The maximum atomic E-state index is 5.63. The summed E-state index contributed by atoms with van der Waals surface area (Å²) in [7, 11) is 0. The van der Waals surface area contributed by atoms with E-state index in [9.17, 15) is 0 Å². The van der Waals surface area contributed by atoms with Gasteiger partial charge in [-0.15, -0.1) is 11.3 Å². The van der Waals surface area contributed by atoms with Gasteiger partial charge in [0.05, 0.1) is 6.04 Å². The van der Waals surface area contributed by atoms with Crippen molar-refractivity contribution in [3.05, 3.63) is 21.9 Å². The maximum Gasteiger partial charge on any atom is 0.240 e. The molecule has 2 heterocycles. The summed E-state index contributed by atoms with van der Waals surface area (Å²) >= 11 is 1.80. The second-order valence-electron chi connectivity index (χ2n) is 3.55. The van der Waals surface area contributed by atoms with Gasteiger partial charge in [-0.25, -0.2) is 4.68 Å². The molecule has 1 unspecified atom stereocenters. The lowest BCUT2D eigenvalue weighted by Gasteiger charge is -2.09. The van der Waals surface area contributed by atoms with Crippen LogP contribution in [0, 0.1) is 6.92 Å². The average Bonchev–Trinajstić information content (AvgIpc) is 2.75. The molecular formula is C9H13N5S. The topological polar surface area (TPSA) is 69.6 Å². The Labute approximate surface area is 91.9 Å². The van der Waals surface area contributed by atoms with Crippen molar-refractivity contribution in [1.29, 1.82) is 0 Å². The second kappa shape index (κ2) is 3.98. The van der Waals surface area contributed by atoms with Crippen LogP contribution in [0.1, 0.15) is 22.7 Å². The highest BCUT2D eigenvalue weighted by atomic mass is 32.1. The van der Waals surface area contributed by atoms with Gasteiger partial charge in [0, 0.05) is 16.2 Å². The average molecular weight is 223 g/mol. The molecule has 0 saturated heterocycles. The van der Waals surface area contributed by atoms with Gasteiger partial charge < -0.3 is 5.73 Å². The normalized spacial score (nSPS) is 12.9. The Hall–Kier alpha value is -1.43. The van der Waals surface area contributed by atoms with Gasteiger partial charge in [-0.1, -0.05) is 5.10 Å². The third-order valence-electron chi connectivity index (χ3n) is 2.23. The monoisotopic (exact) mass is 223 g/mol. The molecule has 80 valence electrons. The van der Waals surface area contributed by atoms with E-state index in [1.54, 1.807) is 16.0 Å². The Morgan fingerprint density at radius 3 is 2.87 bits per heavy atom. The molecule has 0 aliphatic rings. The van der Waals surface area contributed by atoms with E-state index in [-0.39, 0.29) is 6.04 Å². The van der Waals surface area contributed by atoms with Crippen LogP contribution in [-0.4, -0.2) is 20.2 Å². The van der Waals surface area contributed by atoms with Crippen LogP contribution in [0.3, 0.4) is 0 Å². The fourth-order valence-corrected chi connectivity index (χ4v) is 2.50. The number of aryl methyl sites for hydroxylation is 1. The van der Waals surface area contributed by atoms with E-state index in [1.165, 1.54) is 9.75 Å². The SMILES string of the molecule is Cc1ccc(CC(C)n2nnnc2N)s1. The molecule has 1 atom stereocenters. The first kappa shape index (κ1) is 10.1. The standard InChI is InChI=1S/C9H13N5S/c1-6(14-9(10)11-12-13-14)5-8-4-3-7(2)15-8/h3-4,6H,5H2,1-2H3,(H2,10,11,13). The van der Waals surface area contributed by atoms with Gasteiger partial charge in [0.1, 0.15) is 0 Å². The predicted molar refractivity (Wildman–Crippen MR) is 59.7 cm³/mol. The van der Waals surface area contributed by atoms with E-state index in [4.69, 9.17) is 5.73 Å². The minimum atomic E-state index is 0.193. The largest absolute Gasteiger partial charge is 0.367 e. The summed E-state index contributed by atoms with van der Waals surface area (Å²) in [5, 5.41) is 11.1. The quantitative estimate of drug-likeness (QED) is 0.854. The lowest BCUT2D eigenvalue weighted by atomic mass is 10.2. The molecule has 6 heteroatoms. The summed E-state index contributed by atoms with van der Waals surface area (Å²) in [6, 6.07) is 4.45. The first-order valence-corrected chi connectivity index (χ1v) is 5.57. The van der Waals surface area contributed by atoms with Gasteiger partial charge in [-0.05, 0) is 36.4 Å². The Bertz CT molecular complexity index is 447. The molecule has 0 aromatic carbocycles. The van der Waals surface area contributed by atoms with Crippen LogP contribution >= 0.6 is 11.3 Å². The Kier molecular flexibility index (Phi) is 2.68. The van der Waals surface area contributed by atoms with E-state index >= 15 is 0 Å². The van der Waals surface area contributed by atoms with Crippen molar-refractivity contribution in [2.75, 3.05) is 5.73 Å². The maximum absolute atomic E-state index is 5.63. The van der Waals surface area contributed by atoms with E-state index in [1.807, 2.05) is 0 Å². The predicted octanol–water partition coefficient (Wildman–Crippen LogP) is 1.43. The molecule has 0 bridgehead atoms. The van der Waals surface area contributed by atoms with Crippen LogP contribution in [-0.2, 0) is 6.42 Å². The van der Waals surface area contributed by atoms with E-state index in [0.717, 1.165) is 6.42 Å². The van der Waals surface area contributed by atoms with Crippen LogP contribution < -0.4 is 5.73 Å². The van der Waals surface area contributed by atoms with Gasteiger partial charge in [0.15, 0.2) is 0 Å². The smallest absolute Gasteiger partial charge is 0.240 e. The molecule has 0 aliphatic heterocycles. The lowest BCUT2D eigenvalue weighted by Crippen LogP contribution is -2.12. The molecule has 2 rings (SSSR count). The zero-order valence-electron chi connectivity index (χ0n) is 8.71. The zero-order chi connectivity index (χ0) is 10.8. The Balaban J connectivity index is 2.10. The number of thiophene rings is 1. The molecule has 0 fully saturated rings. The molecule has 15 heavy (non-hydrogen) atoms. The van der Waals surface area contributed by atoms with Crippen LogP contribution in [0.15, 0.2) is 12.1 Å². The van der Waals surface area contributed by atoms with Gasteiger partial charge >= 0.3 is 0 Å². The van der Waals surface area contributed by atoms with Crippen LogP contribution in [0.25, 0.3) is 0 Å². The fourth-order valence-electron chi connectivity index (χ4n) is 1.49. The van der Waals surface area contributed by atoms with E-state index in [0.29, 0.717) is 5.95 Å². The Morgan fingerprint density at radius 2 is 2.33 bits per heavy atom. The number of nitrogens with zero attached hydrogens (tertiary/aromatic N) is 4. The van der Waals surface area contributed by atoms with Crippen molar-refractivity contribution >= 4 is 17.3 Å². The first-order chi connectivity index (χ1) is 7.16. The van der Waals surface area contributed by atoms with E-state index < -0.39 is 0 Å². The summed E-state index contributed by atoms with van der Waals surface area (Å²) in [4.78, 5) is 2.65. The van der Waals surface area contributed by atoms with E-state index in [2.05, 4.69) is 41.5 Å². The molecule has 5 nitrogen and oxygen atoms in total. The molecule has 0 spiro atoms.